The zero-order valence-corrected chi connectivity index (χ0v) is 16.2. The monoisotopic (exact) mass is 358 g/mol. The summed E-state index contributed by atoms with van der Waals surface area (Å²) in [7, 11) is 3.29. The van der Waals surface area contributed by atoms with Gasteiger partial charge < -0.3 is 9.47 Å². The number of methoxy groups -OCH3 is 2. The summed E-state index contributed by atoms with van der Waals surface area (Å²) in [6.45, 7) is 2.89. The van der Waals surface area contributed by atoms with Crippen molar-refractivity contribution in [2.45, 2.75) is 51.9 Å². The summed E-state index contributed by atoms with van der Waals surface area (Å²) in [5.74, 6) is 1.93. The van der Waals surface area contributed by atoms with Crippen molar-refractivity contribution in [2.24, 2.45) is 16.9 Å². The molecule has 1 aromatic rings. The Bertz CT molecular complexity index is 671. The number of fused-ring (bicyclic) bond motifs is 1. The zero-order valence-electron chi connectivity index (χ0n) is 16.2. The molecule has 1 aliphatic carbocycles. The van der Waals surface area contributed by atoms with Crippen molar-refractivity contribution in [3.8, 4) is 11.5 Å². The lowest BCUT2D eigenvalue weighted by Gasteiger charge is -2.38. The summed E-state index contributed by atoms with van der Waals surface area (Å²) in [6, 6.07) is 5.95. The standard InChI is InChI=1S/C21H30N2O3/c1-4-5-8-13-23-21(24)17-10-7-6-9-16(17)20(22-23)15-11-12-18(25-2)19(14-15)26-3/h11-12,14,16-17H,4-10,13H2,1-3H3/t16-,17+/m0/s1. The van der Waals surface area contributed by atoms with Crippen molar-refractivity contribution in [3.63, 3.8) is 0 Å². The highest BCUT2D eigenvalue weighted by molar-refractivity contribution is 6.07. The molecular weight excluding hydrogens is 328 g/mol. The number of hydrogen-bond donors (Lipinski definition) is 0. The molecule has 5 nitrogen and oxygen atoms in total. The average molecular weight is 358 g/mol. The van der Waals surface area contributed by atoms with E-state index in [4.69, 9.17) is 14.6 Å². The van der Waals surface area contributed by atoms with Crippen LogP contribution in [0.3, 0.4) is 0 Å². The highest BCUT2D eigenvalue weighted by Gasteiger charge is 2.41. The summed E-state index contributed by atoms with van der Waals surface area (Å²) in [6.07, 6.45) is 7.57. The molecule has 5 heteroatoms. The number of amides is 1. The molecule has 0 aromatic heterocycles. The smallest absolute Gasteiger partial charge is 0.246 e. The van der Waals surface area contributed by atoms with E-state index in [0.717, 1.165) is 56.2 Å². The summed E-state index contributed by atoms with van der Waals surface area (Å²) in [5.41, 5.74) is 2.07. The third-order valence-corrected chi connectivity index (χ3v) is 5.57. The van der Waals surface area contributed by atoms with Gasteiger partial charge in [0.15, 0.2) is 11.5 Å². The van der Waals surface area contributed by atoms with Gasteiger partial charge in [-0.25, -0.2) is 5.01 Å². The fraction of sp³-hybridized carbons (Fsp3) is 0.619. The van der Waals surface area contributed by atoms with Gasteiger partial charge in [0.25, 0.3) is 0 Å². The molecule has 1 fully saturated rings. The van der Waals surface area contributed by atoms with E-state index in [-0.39, 0.29) is 17.7 Å². The normalized spacial score (nSPS) is 22.7. The minimum absolute atomic E-state index is 0.0750. The molecule has 142 valence electrons. The first-order valence-corrected chi connectivity index (χ1v) is 9.81. The predicted octanol–water partition coefficient (Wildman–Crippen LogP) is 4.25. The van der Waals surface area contributed by atoms with Crippen molar-refractivity contribution in [3.05, 3.63) is 23.8 Å². The molecular formula is C21H30N2O3. The Hall–Kier alpha value is -2.04. The number of carbonyl (C=O) groups excluding carboxylic acids is 1. The molecule has 1 heterocycles. The molecule has 0 spiro atoms. The van der Waals surface area contributed by atoms with E-state index in [9.17, 15) is 4.79 Å². The Kier molecular flexibility index (Phi) is 6.17. The molecule has 26 heavy (non-hydrogen) atoms. The minimum Gasteiger partial charge on any atom is -0.493 e. The molecule has 2 atom stereocenters. The first-order chi connectivity index (χ1) is 12.7. The van der Waals surface area contributed by atoms with Crippen LogP contribution >= 0.6 is 0 Å². The van der Waals surface area contributed by atoms with Gasteiger partial charge in [0.2, 0.25) is 5.91 Å². The minimum atomic E-state index is 0.0750. The number of unbranched alkanes of at least 4 members (excludes halogenated alkanes) is 2. The number of hydrogen-bond acceptors (Lipinski definition) is 4. The summed E-state index contributed by atoms with van der Waals surface area (Å²) < 4.78 is 10.8. The lowest BCUT2D eigenvalue weighted by molar-refractivity contribution is -0.139. The topological polar surface area (TPSA) is 51.1 Å². The Morgan fingerprint density at radius 1 is 1.08 bits per heavy atom. The highest BCUT2D eigenvalue weighted by atomic mass is 16.5. The van der Waals surface area contributed by atoms with Crippen LogP contribution in [0.25, 0.3) is 0 Å². The van der Waals surface area contributed by atoms with E-state index < -0.39 is 0 Å². The van der Waals surface area contributed by atoms with Gasteiger partial charge in [-0.3, -0.25) is 4.79 Å². The Labute approximate surface area is 156 Å². The van der Waals surface area contributed by atoms with E-state index in [1.54, 1.807) is 19.2 Å². The second kappa shape index (κ2) is 8.56. The zero-order chi connectivity index (χ0) is 18.5. The number of hydrazone groups is 1. The highest BCUT2D eigenvalue weighted by Crippen LogP contribution is 2.39. The second-order valence-corrected chi connectivity index (χ2v) is 7.22. The van der Waals surface area contributed by atoms with Crippen molar-refractivity contribution in [1.29, 1.82) is 0 Å². The second-order valence-electron chi connectivity index (χ2n) is 7.22. The van der Waals surface area contributed by atoms with Crippen LogP contribution in [0.2, 0.25) is 0 Å². The van der Waals surface area contributed by atoms with Crippen molar-refractivity contribution < 1.29 is 14.3 Å². The molecule has 2 aliphatic rings. The largest absolute Gasteiger partial charge is 0.493 e. The third-order valence-electron chi connectivity index (χ3n) is 5.57. The number of ether oxygens (including phenoxy) is 2. The molecule has 0 radical (unpaired) electrons. The molecule has 1 aliphatic heterocycles. The first kappa shape index (κ1) is 18.7. The molecule has 0 bridgehead atoms. The van der Waals surface area contributed by atoms with Gasteiger partial charge in [-0.2, -0.15) is 5.10 Å². The van der Waals surface area contributed by atoms with Crippen molar-refractivity contribution in [1.82, 2.24) is 5.01 Å². The Morgan fingerprint density at radius 2 is 1.81 bits per heavy atom. The lowest BCUT2D eigenvalue weighted by Crippen LogP contribution is -2.46. The molecule has 1 aromatic carbocycles. The molecule has 0 N–H and O–H groups in total. The summed E-state index contributed by atoms with van der Waals surface area (Å²) in [4.78, 5) is 12.9. The predicted molar refractivity (Wildman–Crippen MR) is 103 cm³/mol. The van der Waals surface area contributed by atoms with Crippen LogP contribution in [0, 0.1) is 11.8 Å². The van der Waals surface area contributed by atoms with E-state index >= 15 is 0 Å². The number of rotatable bonds is 7. The van der Waals surface area contributed by atoms with Gasteiger partial charge in [-0.1, -0.05) is 32.6 Å². The fourth-order valence-electron chi connectivity index (χ4n) is 4.14. The van der Waals surface area contributed by atoms with Crippen LogP contribution in [-0.4, -0.2) is 37.4 Å². The number of benzene rings is 1. The fourth-order valence-corrected chi connectivity index (χ4v) is 4.14. The van der Waals surface area contributed by atoms with Gasteiger partial charge in [-0.15, -0.1) is 0 Å². The first-order valence-electron chi connectivity index (χ1n) is 9.81. The maximum Gasteiger partial charge on any atom is 0.246 e. The quantitative estimate of drug-likeness (QED) is 0.685. The van der Waals surface area contributed by atoms with E-state index in [1.807, 2.05) is 18.2 Å². The van der Waals surface area contributed by atoms with Crippen LogP contribution in [0.4, 0.5) is 0 Å². The molecule has 1 saturated carbocycles. The summed E-state index contributed by atoms with van der Waals surface area (Å²) >= 11 is 0. The van der Waals surface area contributed by atoms with Gasteiger partial charge in [0.1, 0.15) is 0 Å². The number of carbonyl (C=O) groups is 1. The molecule has 1 amide bonds. The third kappa shape index (κ3) is 3.71. The van der Waals surface area contributed by atoms with Crippen LogP contribution in [0.5, 0.6) is 11.5 Å². The number of nitrogens with zero attached hydrogens (tertiary/aromatic N) is 2. The maximum atomic E-state index is 12.9. The molecule has 3 rings (SSSR count). The van der Waals surface area contributed by atoms with E-state index in [1.165, 1.54) is 0 Å². The van der Waals surface area contributed by atoms with E-state index in [2.05, 4.69) is 6.92 Å². The Morgan fingerprint density at radius 3 is 2.50 bits per heavy atom. The van der Waals surface area contributed by atoms with Crippen LogP contribution in [0.1, 0.15) is 57.4 Å². The van der Waals surface area contributed by atoms with Crippen LogP contribution in [0.15, 0.2) is 23.3 Å². The Balaban J connectivity index is 1.95. The maximum absolute atomic E-state index is 12.9. The van der Waals surface area contributed by atoms with Crippen molar-refractivity contribution >= 4 is 11.6 Å². The molecule has 0 unspecified atom stereocenters. The molecule has 0 saturated heterocycles. The average Bonchev–Trinajstić information content (AvgIpc) is 2.69. The van der Waals surface area contributed by atoms with Crippen LogP contribution in [-0.2, 0) is 4.79 Å². The van der Waals surface area contributed by atoms with Gasteiger partial charge in [-0.05, 0) is 37.5 Å². The van der Waals surface area contributed by atoms with Gasteiger partial charge in [0, 0.05) is 23.9 Å². The summed E-state index contributed by atoms with van der Waals surface area (Å²) in [5, 5.41) is 6.55. The SMILES string of the molecule is CCCCCN1N=C(c2ccc(OC)c(OC)c2)[C@H]2CCCC[C@H]2C1=O. The lowest BCUT2D eigenvalue weighted by atomic mass is 9.73. The van der Waals surface area contributed by atoms with Gasteiger partial charge >= 0.3 is 0 Å². The van der Waals surface area contributed by atoms with Gasteiger partial charge in [0.05, 0.1) is 19.9 Å². The van der Waals surface area contributed by atoms with Crippen LogP contribution < -0.4 is 9.47 Å². The van der Waals surface area contributed by atoms with E-state index in [0.29, 0.717) is 18.0 Å². The van der Waals surface area contributed by atoms with Crippen molar-refractivity contribution in [2.75, 3.05) is 20.8 Å².